The smallest absolute Gasteiger partial charge is 0.248 e. The molecule has 0 radical (unpaired) electrons. The highest BCUT2D eigenvalue weighted by molar-refractivity contribution is 5.93. The Morgan fingerprint density at radius 1 is 1.05 bits per heavy atom. The standard InChI is InChI=1S/C17H20N2O/c1-11-4-5-12(2)16(8-11)19-10-15-7-6-14(17(18)20)9-13(15)3/h4-9,19H,10H2,1-3H3,(H2,18,20). The molecular formula is C17H20N2O. The van der Waals surface area contributed by atoms with Crippen molar-refractivity contribution in [2.75, 3.05) is 5.32 Å². The Morgan fingerprint density at radius 2 is 1.80 bits per heavy atom. The Hall–Kier alpha value is -2.29. The van der Waals surface area contributed by atoms with Crippen LogP contribution in [0.4, 0.5) is 5.69 Å². The van der Waals surface area contributed by atoms with E-state index in [1.807, 2.05) is 19.1 Å². The molecule has 0 aliphatic rings. The van der Waals surface area contributed by atoms with Crippen LogP contribution in [0.5, 0.6) is 0 Å². The molecule has 3 nitrogen and oxygen atoms in total. The third-order valence-electron chi connectivity index (χ3n) is 3.49. The molecule has 20 heavy (non-hydrogen) atoms. The number of aryl methyl sites for hydroxylation is 3. The Bertz CT molecular complexity index is 647. The molecule has 3 N–H and O–H groups in total. The lowest BCUT2D eigenvalue weighted by Crippen LogP contribution is -2.12. The third-order valence-corrected chi connectivity index (χ3v) is 3.49. The topological polar surface area (TPSA) is 55.1 Å². The second-order valence-electron chi connectivity index (χ2n) is 5.18. The van der Waals surface area contributed by atoms with E-state index in [2.05, 4.69) is 37.4 Å². The van der Waals surface area contributed by atoms with Crippen molar-refractivity contribution in [1.29, 1.82) is 0 Å². The summed E-state index contributed by atoms with van der Waals surface area (Å²) in [6.45, 7) is 6.89. The van der Waals surface area contributed by atoms with Crippen molar-refractivity contribution in [2.24, 2.45) is 5.73 Å². The van der Waals surface area contributed by atoms with Crippen LogP contribution in [0, 0.1) is 20.8 Å². The predicted molar refractivity (Wildman–Crippen MR) is 82.9 cm³/mol. The third kappa shape index (κ3) is 3.18. The summed E-state index contributed by atoms with van der Waals surface area (Å²) in [5.74, 6) is -0.387. The van der Waals surface area contributed by atoms with Gasteiger partial charge in [0.2, 0.25) is 5.91 Å². The number of amides is 1. The number of carbonyl (C=O) groups is 1. The van der Waals surface area contributed by atoms with Gasteiger partial charge >= 0.3 is 0 Å². The van der Waals surface area contributed by atoms with E-state index < -0.39 is 0 Å². The molecule has 0 saturated heterocycles. The van der Waals surface area contributed by atoms with Crippen LogP contribution in [0.25, 0.3) is 0 Å². The van der Waals surface area contributed by atoms with Crippen molar-refractivity contribution < 1.29 is 4.79 Å². The monoisotopic (exact) mass is 268 g/mol. The van der Waals surface area contributed by atoms with Crippen molar-refractivity contribution in [2.45, 2.75) is 27.3 Å². The van der Waals surface area contributed by atoms with Crippen LogP contribution in [-0.2, 0) is 6.54 Å². The van der Waals surface area contributed by atoms with E-state index in [9.17, 15) is 4.79 Å². The number of anilines is 1. The normalized spacial score (nSPS) is 10.3. The Balaban J connectivity index is 2.15. The van der Waals surface area contributed by atoms with E-state index in [0.29, 0.717) is 5.56 Å². The van der Waals surface area contributed by atoms with Crippen LogP contribution in [0.3, 0.4) is 0 Å². The lowest BCUT2D eigenvalue weighted by Gasteiger charge is -2.12. The summed E-state index contributed by atoms with van der Waals surface area (Å²) < 4.78 is 0. The minimum absolute atomic E-state index is 0.387. The highest BCUT2D eigenvalue weighted by atomic mass is 16.1. The van der Waals surface area contributed by atoms with Gasteiger partial charge in [-0.2, -0.15) is 0 Å². The first-order valence-corrected chi connectivity index (χ1v) is 6.68. The van der Waals surface area contributed by atoms with Gasteiger partial charge in [-0.1, -0.05) is 18.2 Å². The quantitative estimate of drug-likeness (QED) is 0.893. The Morgan fingerprint density at radius 3 is 2.45 bits per heavy atom. The van der Waals surface area contributed by atoms with Crippen molar-refractivity contribution in [3.8, 4) is 0 Å². The average molecular weight is 268 g/mol. The lowest BCUT2D eigenvalue weighted by atomic mass is 10.0. The maximum absolute atomic E-state index is 11.1. The number of nitrogens with one attached hydrogen (secondary N) is 1. The van der Waals surface area contributed by atoms with Crippen LogP contribution in [0.2, 0.25) is 0 Å². The summed E-state index contributed by atoms with van der Waals surface area (Å²) in [6, 6.07) is 11.9. The summed E-state index contributed by atoms with van der Waals surface area (Å²) in [5, 5.41) is 3.44. The molecule has 0 bridgehead atoms. The van der Waals surface area contributed by atoms with Crippen molar-refractivity contribution in [3.63, 3.8) is 0 Å². The molecule has 0 aromatic heterocycles. The number of rotatable bonds is 4. The van der Waals surface area contributed by atoms with E-state index in [0.717, 1.165) is 23.4 Å². The molecule has 3 heteroatoms. The molecule has 0 heterocycles. The summed E-state index contributed by atoms with van der Waals surface area (Å²) in [6.07, 6.45) is 0. The van der Waals surface area contributed by atoms with Crippen molar-refractivity contribution in [1.82, 2.24) is 0 Å². The van der Waals surface area contributed by atoms with E-state index in [1.165, 1.54) is 11.1 Å². The maximum atomic E-state index is 11.1. The zero-order valence-electron chi connectivity index (χ0n) is 12.2. The Kier molecular flexibility index (Phi) is 4.08. The number of hydrogen-bond acceptors (Lipinski definition) is 2. The highest BCUT2D eigenvalue weighted by Gasteiger charge is 2.05. The predicted octanol–water partition coefficient (Wildman–Crippen LogP) is 3.32. The van der Waals surface area contributed by atoms with Crippen LogP contribution in [0.1, 0.15) is 32.6 Å². The molecule has 1 amide bonds. The van der Waals surface area contributed by atoms with Gasteiger partial charge in [-0.05, 0) is 61.2 Å². The lowest BCUT2D eigenvalue weighted by molar-refractivity contribution is 0.1000. The molecule has 104 valence electrons. The van der Waals surface area contributed by atoms with E-state index in [1.54, 1.807) is 6.07 Å². The summed E-state index contributed by atoms with van der Waals surface area (Å²) in [7, 11) is 0. The van der Waals surface area contributed by atoms with Gasteiger partial charge in [0.1, 0.15) is 0 Å². The fourth-order valence-electron chi connectivity index (χ4n) is 2.16. The van der Waals surface area contributed by atoms with Gasteiger partial charge < -0.3 is 11.1 Å². The van der Waals surface area contributed by atoms with E-state index in [4.69, 9.17) is 5.73 Å². The molecule has 2 rings (SSSR count). The maximum Gasteiger partial charge on any atom is 0.248 e. The van der Waals surface area contributed by atoms with Gasteiger partial charge in [0, 0.05) is 17.8 Å². The number of nitrogens with two attached hydrogens (primary N) is 1. The molecule has 0 fully saturated rings. The number of primary amides is 1. The first-order valence-electron chi connectivity index (χ1n) is 6.68. The van der Waals surface area contributed by atoms with E-state index in [-0.39, 0.29) is 5.91 Å². The first kappa shape index (κ1) is 14.1. The van der Waals surface area contributed by atoms with Crippen molar-refractivity contribution in [3.05, 3.63) is 64.2 Å². The summed E-state index contributed by atoms with van der Waals surface area (Å²) in [4.78, 5) is 11.1. The van der Waals surface area contributed by atoms with Gasteiger partial charge in [-0.25, -0.2) is 0 Å². The number of benzene rings is 2. The molecule has 0 unspecified atom stereocenters. The van der Waals surface area contributed by atoms with Gasteiger partial charge in [0.25, 0.3) is 0 Å². The van der Waals surface area contributed by atoms with Crippen LogP contribution in [-0.4, -0.2) is 5.91 Å². The van der Waals surface area contributed by atoms with Gasteiger partial charge in [-0.3, -0.25) is 4.79 Å². The van der Waals surface area contributed by atoms with Crippen LogP contribution >= 0.6 is 0 Å². The summed E-state index contributed by atoms with van der Waals surface area (Å²) in [5.41, 5.74) is 11.7. The highest BCUT2D eigenvalue weighted by Crippen LogP contribution is 2.18. The average Bonchev–Trinajstić information content (AvgIpc) is 2.40. The first-order chi connectivity index (χ1) is 9.47. The SMILES string of the molecule is Cc1ccc(C)c(NCc2ccc(C(N)=O)cc2C)c1. The van der Waals surface area contributed by atoms with Gasteiger partial charge in [-0.15, -0.1) is 0 Å². The Labute approximate surface area is 119 Å². The molecule has 2 aromatic rings. The molecule has 0 spiro atoms. The fourth-order valence-corrected chi connectivity index (χ4v) is 2.16. The largest absolute Gasteiger partial charge is 0.381 e. The van der Waals surface area contributed by atoms with Crippen LogP contribution in [0.15, 0.2) is 36.4 Å². The number of hydrogen-bond donors (Lipinski definition) is 2. The van der Waals surface area contributed by atoms with Crippen molar-refractivity contribution >= 4 is 11.6 Å². The molecule has 0 atom stereocenters. The van der Waals surface area contributed by atoms with Gasteiger partial charge in [0.15, 0.2) is 0 Å². The molecule has 0 aliphatic heterocycles. The minimum Gasteiger partial charge on any atom is -0.381 e. The van der Waals surface area contributed by atoms with E-state index >= 15 is 0 Å². The number of carbonyl (C=O) groups excluding carboxylic acids is 1. The zero-order chi connectivity index (χ0) is 14.7. The molecular weight excluding hydrogens is 248 g/mol. The molecule has 0 saturated carbocycles. The molecule has 0 aliphatic carbocycles. The van der Waals surface area contributed by atoms with Gasteiger partial charge in [0.05, 0.1) is 0 Å². The minimum atomic E-state index is -0.387. The summed E-state index contributed by atoms with van der Waals surface area (Å²) >= 11 is 0. The fraction of sp³-hybridized carbons (Fsp3) is 0.235. The second kappa shape index (κ2) is 5.78. The van der Waals surface area contributed by atoms with Crippen LogP contribution < -0.4 is 11.1 Å². The zero-order valence-corrected chi connectivity index (χ0v) is 12.2. The second-order valence-corrected chi connectivity index (χ2v) is 5.18. The molecule has 2 aromatic carbocycles.